The van der Waals surface area contributed by atoms with Crippen LogP contribution in [0.25, 0.3) is 0 Å². The zero-order chi connectivity index (χ0) is 19.1. The van der Waals surface area contributed by atoms with Gasteiger partial charge in [0.05, 0.1) is 18.6 Å². The molecule has 2 rings (SSSR count). The van der Waals surface area contributed by atoms with Crippen molar-refractivity contribution in [1.82, 2.24) is 0 Å². The highest BCUT2D eigenvalue weighted by atomic mass is 16.5. The molecule has 0 aromatic heterocycles. The minimum absolute atomic E-state index is 0.0614. The lowest BCUT2D eigenvalue weighted by Gasteiger charge is -2.11. The van der Waals surface area contributed by atoms with Crippen molar-refractivity contribution in [3.05, 3.63) is 64.7 Å². The Hall–Kier alpha value is -3.15. The van der Waals surface area contributed by atoms with Crippen LogP contribution in [-0.2, 0) is 22.6 Å². The molecule has 136 valence electrons. The van der Waals surface area contributed by atoms with E-state index in [0.717, 1.165) is 5.56 Å². The maximum atomic E-state index is 12.1. The van der Waals surface area contributed by atoms with Crippen molar-refractivity contribution >= 4 is 17.7 Å². The fourth-order valence-corrected chi connectivity index (χ4v) is 2.47. The molecule has 0 amide bonds. The van der Waals surface area contributed by atoms with Crippen LogP contribution < -0.4 is 4.74 Å². The Balaban J connectivity index is 2.17. The van der Waals surface area contributed by atoms with Gasteiger partial charge in [-0.1, -0.05) is 24.3 Å². The van der Waals surface area contributed by atoms with Crippen LogP contribution in [0.1, 0.15) is 45.7 Å². The first-order valence-electron chi connectivity index (χ1n) is 8.15. The third-order valence-corrected chi connectivity index (χ3v) is 3.62. The van der Waals surface area contributed by atoms with Crippen molar-refractivity contribution in [3.8, 4) is 5.75 Å². The van der Waals surface area contributed by atoms with E-state index in [1.807, 2.05) is 6.07 Å². The molecule has 0 radical (unpaired) electrons. The van der Waals surface area contributed by atoms with E-state index in [4.69, 9.17) is 14.6 Å². The van der Waals surface area contributed by atoms with Crippen molar-refractivity contribution in [2.75, 3.05) is 6.61 Å². The Morgan fingerprint density at radius 3 is 2.38 bits per heavy atom. The lowest BCUT2D eigenvalue weighted by molar-refractivity contribution is -0.136. The molecule has 0 bridgehead atoms. The number of carbonyl (C=O) groups excluding carboxylic acids is 2. The number of carboxylic acids is 1. The van der Waals surface area contributed by atoms with Crippen LogP contribution in [0.5, 0.6) is 5.75 Å². The van der Waals surface area contributed by atoms with E-state index in [9.17, 15) is 14.4 Å². The van der Waals surface area contributed by atoms with E-state index in [2.05, 4.69) is 0 Å². The molecule has 0 saturated heterocycles. The number of benzene rings is 2. The Morgan fingerprint density at radius 2 is 1.73 bits per heavy atom. The van der Waals surface area contributed by atoms with Crippen LogP contribution in [-0.4, -0.2) is 29.4 Å². The monoisotopic (exact) mass is 356 g/mol. The number of rotatable bonds is 8. The van der Waals surface area contributed by atoms with Crippen LogP contribution >= 0.6 is 0 Å². The molecule has 2 aromatic rings. The molecule has 0 aliphatic rings. The minimum Gasteiger partial charge on any atom is -0.489 e. The van der Waals surface area contributed by atoms with Crippen LogP contribution in [0.4, 0.5) is 0 Å². The SMILES string of the molecule is CCOC(=O)c1cc(OCc2cccc(CC(=O)O)c2)ccc1C(C)=O. The predicted molar refractivity (Wildman–Crippen MR) is 94.5 cm³/mol. The Bertz CT molecular complexity index is 825. The summed E-state index contributed by atoms with van der Waals surface area (Å²) < 4.78 is 10.7. The van der Waals surface area contributed by atoms with Crippen LogP contribution in [0.3, 0.4) is 0 Å². The van der Waals surface area contributed by atoms with E-state index < -0.39 is 11.9 Å². The van der Waals surface area contributed by atoms with Crippen molar-refractivity contribution < 1.29 is 29.0 Å². The number of esters is 1. The Kier molecular flexibility index (Phi) is 6.49. The van der Waals surface area contributed by atoms with Crippen LogP contribution in [0.2, 0.25) is 0 Å². The van der Waals surface area contributed by atoms with E-state index in [-0.39, 0.29) is 36.5 Å². The van der Waals surface area contributed by atoms with Gasteiger partial charge in [-0.2, -0.15) is 0 Å². The lowest BCUT2D eigenvalue weighted by atomic mass is 10.0. The van der Waals surface area contributed by atoms with Gasteiger partial charge in [0.15, 0.2) is 5.78 Å². The molecule has 0 aliphatic carbocycles. The summed E-state index contributed by atoms with van der Waals surface area (Å²) in [7, 11) is 0. The van der Waals surface area contributed by atoms with E-state index in [0.29, 0.717) is 11.3 Å². The smallest absolute Gasteiger partial charge is 0.338 e. The van der Waals surface area contributed by atoms with Gasteiger partial charge in [-0.05, 0) is 43.2 Å². The third-order valence-electron chi connectivity index (χ3n) is 3.62. The molecule has 0 fully saturated rings. The first-order chi connectivity index (χ1) is 12.4. The maximum Gasteiger partial charge on any atom is 0.338 e. The zero-order valence-electron chi connectivity index (χ0n) is 14.7. The van der Waals surface area contributed by atoms with E-state index in [1.54, 1.807) is 31.2 Å². The summed E-state index contributed by atoms with van der Waals surface area (Å²) in [6, 6.07) is 11.7. The summed E-state index contributed by atoms with van der Waals surface area (Å²) in [5.41, 5.74) is 1.92. The average Bonchev–Trinajstić information content (AvgIpc) is 2.59. The zero-order valence-corrected chi connectivity index (χ0v) is 14.7. The Labute approximate surface area is 151 Å². The van der Waals surface area contributed by atoms with Gasteiger partial charge in [0.25, 0.3) is 0 Å². The molecule has 0 saturated carbocycles. The second-order valence-corrected chi connectivity index (χ2v) is 5.66. The molecule has 2 aromatic carbocycles. The van der Waals surface area contributed by atoms with Gasteiger partial charge < -0.3 is 14.6 Å². The summed E-state index contributed by atoms with van der Waals surface area (Å²) in [6.45, 7) is 3.48. The number of hydrogen-bond donors (Lipinski definition) is 1. The number of ketones is 1. The summed E-state index contributed by atoms with van der Waals surface area (Å²) >= 11 is 0. The van der Waals surface area contributed by atoms with Crippen LogP contribution in [0, 0.1) is 0 Å². The predicted octanol–water partition coefficient (Wildman–Crippen LogP) is 3.27. The molecular formula is C20H20O6. The second kappa shape index (κ2) is 8.80. The molecule has 26 heavy (non-hydrogen) atoms. The van der Waals surface area contributed by atoms with Gasteiger partial charge in [0, 0.05) is 5.56 Å². The molecule has 6 heteroatoms. The van der Waals surface area contributed by atoms with Gasteiger partial charge >= 0.3 is 11.9 Å². The molecular weight excluding hydrogens is 336 g/mol. The number of ether oxygens (including phenoxy) is 2. The Morgan fingerprint density at radius 1 is 1.00 bits per heavy atom. The van der Waals surface area contributed by atoms with Gasteiger partial charge in [-0.15, -0.1) is 0 Å². The number of carbonyl (C=O) groups is 3. The normalized spacial score (nSPS) is 10.2. The quantitative estimate of drug-likeness (QED) is 0.577. The minimum atomic E-state index is -0.901. The number of hydrogen-bond acceptors (Lipinski definition) is 5. The topological polar surface area (TPSA) is 89.9 Å². The van der Waals surface area contributed by atoms with Gasteiger partial charge in [0.2, 0.25) is 0 Å². The van der Waals surface area contributed by atoms with E-state index in [1.165, 1.54) is 19.1 Å². The summed E-state index contributed by atoms with van der Waals surface area (Å²) in [5, 5.41) is 8.86. The molecule has 0 spiro atoms. The summed E-state index contributed by atoms with van der Waals surface area (Å²) in [4.78, 5) is 34.6. The second-order valence-electron chi connectivity index (χ2n) is 5.66. The third kappa shape index (κ3) is 5.17. The van der Waals surface area contributed by atoms with Crippen molar-refractivity contribution in [2.45, 2.75) is 26.9 Å². The molecule has 1 N–H and O–H groups in total. The molecule has 0 atom stereocenters. The first-order valence-corrected chi connectivity index (χ1v) is 8.15. The highest BCUT2D eigenvalue weighted by Gasteiger charge is 2.17. The highest BCUT2D eigenvalue weighted by molar-refractivity contribution is 6.05. The average molecular weight is 356 g/mol. The number of carboxylic acid groups (broad SMARTS) is 1. The summed E-state index contributed by atoms with van der Waals surface area (Å²) in [5.74, 6) is -1.30. The fraction of sp³-hybridized carbons (Fsp3) is 0.250. The molecule has 6 nitrogen and oxygen atoms in total. The molecule has 0 aliphatic heterocycles. The highest BCUT2D eigenvalue weighted by Crippen LogP contribution is 2.21. The van der Waals surface area contributed by atoms with Crippen LogP contribution in [0.15, 0.2) is 42.5 Å². The standard InChI is InChI=1S/C20H20O6/c1-3-25-20(24)18-11-16(7-8-17(18)13(2)21)26-12-15-6-4-5-14(9-15)10-19(22)23/h4-9,11H,3,10,12H2,1-2H3,(H,22,23). The fourth-order valence-electron chi connectivity index (χ4n) is 2.47. The lowest BCUT2D eigenvalue weighted by Crippen LogP contribution is -2.11. The van der Waals surface area contributed by atoms with Crippen molar-refractivity contribution in [3.63, 3.8) is 0 Å². The largest absolute Gasteiger partial charge is 0.489 e. The first kappa shape index (κ1) is 19.2. The van der Waals surface area contributed by atoms with E-state index >= 15 is 0 Å². The van der Waals surface area contributed by atoms with Gasteiger partial charge in [-0.25, -0.2) is 4.79 Å². The number of Topliss-reactive ketones (excluding diaryl/α,β-unsaturated/α-hetero) is 1. The molecule has 0 heterocycles. The van der Waals surface area contributed by atoms with Gasteiger partial charge in [-0.3, -0.25) is 9.59 Å². The van der Waals surface area contributed by atoms with Crippen molar-refractivity contribution in [2.24, 2.45) is 0 Å². The number of aliphatic carboxylic acids is 1. The molecule has 0 unspecified atom stereocenters. The van der Waals surface area contributed by atoms with Gasteiger partial charge in [0.1, 0.15) is 12.4 Å². The maximum absolute atomic E-state index is 12.1. The summed E-state index contributed by atoms with van der Waals surface area (Å²) in [6.07, 6.45) is -0.0614. The van der Waals surface area contributed by atoms with Crippen molar-refractivity contribution in [1.29, 1.82) is 0 Å².